The molecule has 3 aromatic carbocycles. The van der Waals surface area contributed by atoms with Crippen LogP contribution in [0.2, 0.25) is 0 Å². The number of nitrogens with one attached hydrogen (secondary N) is 1. The van der Waals surface area contributed by atoms with Gasteiger partial charge < -0.3 is 19.2 Å². The van der Waals surface area contributed by atoms with Gasteiger partial charge in [-0.25, -0.2) is 0 Å². The number of furan rings is 1. The Morgan fingerprint density at radius 2 is 1.78 bits per heavy atom. The number of amides is 1. The van der Waals surface area contributed by atoms with E-state index >= 15 is 0 Å². The molecule has 36 heavy (non-hydrogen) atoms. The van der Waals surface area contributed by atoms with Gasteiger partial charge in [-0.05, 0) is 44.0 Å². The predicted octanol–water partition coefficient (Wildman–Crippen LogP) is 6.68. The maximum absolute atomic E-state index is 12.9. The molecule has 0 aliphatic rings. The number of benzene rings is 3. The molecule has 8 heteroatoms. The van der Waals surface area contributed by atoms with Gasteiger partial charge in [-0.1, -0.05) is 29.8 Å². The van der Waals surface area contributed by atoms with E-state index in [0.717, 1.165) is 33.2 Å². The summed E-state index contributed by atoms with van der Waals surface area (Å²) in [5, 5.41) is 14.7. The molecular weight excluding hydrogens is 460 g/mol. The highest BCUT2D eigenvalue weighted by atomic mass is 16.6. The lowest BCUT2D eigenvalue weighted by molar-refractivity contribution is -0.384. The van der Waals surface area contributed by atoms with E-state index in [-0.39, 0.29) is 11.4 Å². The van der Waals surface area contributed by atoms with Gasteiger partial charge in [0.05, 0.1) is 31.1 Å². The van der Waals surface area contributed by atoms with E-state index in [1.807, 2.05) is 44.2 Å². The van der Waals surface area contributed by atoms with Crippen molar-refractivity contribution in [1.29, 1.82) is 0 Å². The van der Waals surface area contributed by atoms with Crippen LogP contribution < -0.4 is 14.8 Å². The van der Waals surface area contributed by atoms with Crippen LogP contribution in [0, 0.1) is 24.0 Å². The van der Waals surface area contributed by atoms with Gasteiger partial charge in [-0.3, -0.25) is 14.9 Å². The van der Waals surface area contributed by atoms with Gasteiger partial charge in [0.15, 0.2) is 0 Å². The van der Waals surface area contributed by atoms with Crippen LogP contribution in [0.15, 0.2) is 65.3 Å². The fourth-order valence-electron chi connectivity index (χ4n) is 4.18. The molecule has 0 atom stereocenters. The minimum atomic E-state index is -0.532. The fourth-order valence-corrected chi connectivity index (χ4v) is 4.18. The number of allylic oxidation sites excluding steroid dienone is 1. The molecule has 8 nitrogen and oxygen atoms in total. The lowest BCUT2D eigenvalue weighted by Crippen LogP contribution is -2.10. The summed E-state index contributed by atoms with van der Waals surface area (Å²) in [5.74, 6) is 0.454. The second-order valence-electron chi connectivity index (χ2n) is 8.43. The normalized spacial score (nSPS) is 11.4. The zero-order valence-corrected chi connectivity index (χ0v) is 20.7. The van der Waals surface area contributed by atoms with Crippen LogP contribution in [0.1, 0.15) is 23.6 Å². The van der Waals surface area contributed by atoms with Gasteiger partial charge >= 0.3 is 0 Å². The zero-order chi connectivity index (χ0) is 26.0. The van der Waals surface area contributed by atoms with Crippen LogP contribution in [0.25, 0.3) is 27.7 Å². The maximum Gasteiger partial charge on any atom is 0.271 e. The van der Waals surface area contributed by atoms with Crippen LogP contribution in [-0.2, 0) is 4.79 Å². The summed E-state index contributed by atoms with van der Waals surface area (Å²) < 4.78 is 16.8. The topological polar surface area (TPSA) is 104 Å². The van der Waals surface area contributed by atoms with E-state index in [9.17, 15) is 14.9 Å². The number of anilines is 1. The number of nitro benzene ring substituents is 1. The van der Waals surface area contributed by atoms with Gasteiger partial charge in [0.2, 0.25) is 5.91 Å². The average molecular weight is 487 g/mol. The molecule has 4 rings (SSSR count). The number of aryl methyl sites for hydroxylation is 2. The Balaban J connectivity index is 1.74. The Kier molecular flexibility index (Phi) is 6.78. The SMILES string of the molecule is COc1ccc([N+](=O)[O-])cc1NC(=O)/C=C(\C)c1cc2c(-c3ccc(C)cc3)coc2c(C)c1OC. The van der Waals surface area contributed by atoms with Crippen LogP contribution in [0.5, 0.6) is 11.5 Å². The van der Waals surface area contributed by atoms with Crippen LogP contribution >= 0.6 is 0 Å². The summed E-state index contributed by atoms with van der Waals surface area (Å²) >= 11 is 0. The first-order valence-electron chi connectivity index (χ1n) is 11.2. The van der Waals surface area contributed by atoms with Gasteiger partial charge in [-0.2, -0.15) is 0 Å². The number of hydrogen-bond donors (Lipinski definition) is 1. The van der Waals surface area contributed by atoms with Gasteiger partial charge in [0.25, 0.3) is 5.69 Å². The number of nitro groups is 1. The Morgan fingerprint density at radius 3 is 2.42 bits per heavy atom. The highest BCUT2D eigenvalue weighted by molar-refractivity contribution is 6.06. The van der Waals surface area contributed by atoms with Crippen molar-refractivity contribution in [2.45, 2.75) is 20.8 Å². The molecule has 0 saturated heterocycles. The molecule has 0 fully saturated rings. The van der Waals surface area contributed by atoms with Crippen molar-refractivity contribution < 1.29 is 23.6 Å². The lowest BCUT2D eigenvalue weighted by atomic mass is 9.96. The summed E-state index contributed by atoms with van der Waals surface area (Å²) in [7, 11) is 3.00. The number of methoxy groups -OCH3 is 2. The summed E-state index contributed by atoms with van der Waals surface area (Å²) in [6.45, 7) is 5.75. The predicted molar refractivity (Wildman–Crippen MR) is 140 cm³/mol. The summed E-state index contributed by atoms with van der Waals surface area (Å²) in [5.41, 5.74) is 6.08. The fraction of sp³-hybridized carbons (Fsp3) is 0.179. The molecule has 0 bridgehead atoms. The Hall–Kier alpha value is -4.59. The van der Waals surface area contributed by atoms with E-state index < -0.39 is 10.8 Å². The standard InChI is InChI=1S/C28H26N2O6/c1-16-6-8-19(9-7-16)23-15-36-28-18(3)27(35-5)21(14-22(23)28)17(2)12-26(31)29-24-13-20(30(32)33)10-11-25(24)34-4/h6-15H,1-5H3,(H,29,31)/b17-12+. The molecule has 1 amide bonds. The smallest absolute Gasteiger partial charge is 0.271 e. The highest BCUT2D eigenvalue weighted by Crippen LogP contribution is 2.40. The average Bonchev–Trinajstić information content (AvgIpc) is 3.28. The highest BCUT2D eigenvalue weighted by Gasteiger charge is 2.19. The van der Waals surface area contributed by atoms with Gasteiger partial charge in [0, 0.05) is 40.3 Å². The van der Waals surface area contributed by atoms with Crippen molar-refractivity contribution in [1.82, 2.24) is 0 Å². The van der Waals surface area contributed by atoms with Crippen molar-refractivity contribution in [3.8, 4) is 22.6 Å². The van der Waals surface area contributed by atoms with Crippen LogP contribution in [0.4, 0.5) is 11.4 Å². The van der Waals surface area contributed by atoms with E-state index in [2.05, 4.69) is 5.32 Å². The van der Waals surface area contributed by atoms with Crippen molar-refractivity contribution in [3.63, 3.8) is 0 Å². The first kappa shape index (κ1) is 24.5. The largest absolute Gasteiger partial charge is 0.496 e. The minimum absolute atomic E-state index is 0.154. The molecule has 184 valence electrons. The molecule has 0 spiro atoms. The number of carbonyl (C=O) groups is 1. The summed E-state index contributed by atoms with van der Waals surface area (Å²) in [6.07, 6.45) is 3.15. The van der Waals surface area contributed by atoms with E-state index in [4.69, 9.17) is 13.9 Å². The molecule has 0 aliphatic carbocycles. The molecular formula is C28H26N2O6. The molecule has 0 aliphatic heterocycles. The molecule has 1 heterocycles. The molecule has 1 N–H and O–H groups in total. The summed E-state index contributed by atoms with van der Waals surface area (Å²) in [6, 6.07) is 14.1. The number of hydrogen-bond acceptors (Lipinski definition) is 6. The number of ether oxygens (including phenoxy) is 2. The number of fused-ring (bicyclic) bond motifs is 1. The van der Waals surface area contributed by atoms with Crippen LogP contribution in [0.3, 0.4) is 0 Å². The Morgan fingerprint density at radius 1 is 1.06 bits per heavy atom. The zero-order valence-electron chi connectivity index (χ0n) is 20.7. The Bertz CT molecular complexity index is 1500. The van der Waals surface area contributed by atoms with Crippen molar-refractivity contribution in [3.05, 3.63) is 87.7 Å². The number of non-ortho nitro benzene ring substituents is 1. The maximum atomic E-state index is 12.9. The van der Waals surface area contributed by atoms with Crippen molar-refractivity contribution in [2.24, 2.45) is 0 Å². The van der Waals surface area contributed by atoms with E-state index in [0.29, 0.717) is 22.7 Å². The summed E-state index contributed by atoms with van der Waals surface area (Å²) in [4.78, 5) is 23.5. The monoisotopic (exact) mass is 486 g/mol. The molecule has 0 saturated carbocycles. The first-order valence-corrected chi connectivity index (χ1v) is 11.2. The first-order chi connectivity index (χ1) is 17.2. The number of carbonyl (C=O) groups excluding carboxylic acids is 1. The van der Waals surface area contributed by atoms with E-state index in [1.165, 1.54) is 31.4 Å². The third-order valence-electron chi connectivity index (χ3n) is 6.03. The van der Waals surface area contributed by atoms with E-state index in [1.54, 1.807) is 20.3 Å². The minimum Gasteiger partial charge on any atom is -0.496 e. The molecule has 0 radical (unpaired) electrons. The quantitative estimate of drug-likeness (QED) is 0.177. The second-order valence-corrected chi connectivity index (χ2v) is 8.43. The third kappa shape index (κ3) is 4.65. The number of rotatable bonds is 7. The van der Waals surface area contributed by atoms with Gasteiger partial charge in [-0.15, -0.1) is 0 Å². The second kappa shape index (κ2) is 9.95. The number of nitrogens with zero attached hydrogens (tertiary/aromatic N) is 1. The van der Waals surface area contributed by atoms with Gasteiger partial charge in [0.1, 0.15) is 17.1 Å². The third-order valence-corrected chi connectivity index (χ3v) is 6.03. The lowest BCUT2D eigenvalue weighted by Gasteiger charge is -2.14. The molecule has 1 aromatic heterocycles. The van der Waals surface area contributed by atoms with Crippen molar-refractivity contribution in [2.75, 3.05) is 19.5 Å². The van der Waals surface area contributed by atoms with Crippen molar-refractivity contribution >= 4 is 33.8 Å². The molecule has 0 unspecified atom stereocenters. The van der Waals surface area contributed by atoms with Crippen LogP contribution in [-0.4, -0.2) is 25.1 Å². The Labute approximate surface area is 208 Å². The molecule has 4 aromatic rings.